The molecule has 174 valence electrons. The minimum atomic E-state index is -1.24. The third-order valence-corrected chi connectivity index (χ3v) is 6.19. The number of carbonyl (C=O) groups excluding carboxylic acids is 2. The number of phenols is 1. The first-order valence-corrected chi connectivity index (χ1v) is 10.6. The summed E-state index contributed by atoms with van der Waals surface area (Å²) < 4.78 is 5.85. The molecule has 5 N–H and O–H groups in total. The first-order chi connectivity index (χ1) is 14.8. The number of hydrogen-bond acceptors (Lipinski definition) is 7. The molecule has 0 bridgehead atoms. The van der Waals surface area contributed by atoms with Crippen LogP contribution in [0.4, 0.5) is 0 Å². The number of aromatic carboxylic acids is 1. The second-order valence-corrected chi connectivity index (χ2v) is 9.52. The molecule has 0 unspecified atom stereocenters. The molecule has 10 nitrogen and oxygen atoms in total. The molecule has 3 rings (SSSR count). The van der Waals surface area contributed by atoms with Gasteiger partial charge in [-0.05, 0) is 23.9 Å². The van der Waals surface area contributed by atoms with Crippen LogP contribution in [0.3, 0.4) is 0 Å². The van der Waals surface area contributed by atoms with Crippen LogP contribution in [0.25, 0.3) is 0 Å². The molecular formula is C21H31BN4O6. The van der Waals surface area contributed by atoms with Crippen LogP contribution in [0.1, 0.15) is 29.8 Å². The topological polar surface area (TPSA) is 145 Å². The maximum atomic E-state index is 12.4. The van der Waals surface area contributed by atoms with Crippen LogP contribution >= 0.6 is 0 Å². The zero-order valence-electron chi connectivity index (χ0n) is 19.0. The number of aromatic hydroxyl groups is 1. The Morgan fingerprint density at radius 2 is 2.00 bits per heavy atom. The summed E-state index contributed by atoms with van der Waals surface area (Å²) in [6.07, 6.45) is 0.621. The predicted molar refractivity (Wildman–Crippen MR) is 120 cm³/mol. The van der Waals surface area contributed by atoms with E-state index >= 15 is 0 Å². The number of amides is 2. The van der Waals surface area contributed by atoms with Gasteiger partial charge in [0.25, 0.3) is 0 Å². The molecule has 0 aliphatic carbocycles. The molecule has 2 atom stereocenters. The molecule has 2 saturated heterocycles. The largest absolute Gasteiger partial charge is 0.507 e. The number of carboxylic acid groups (broad SMARTS) is 1. The van der Waals surface area contributed by atoms with Gasteiger partial charge in [-0.2, -0.15) is 0 Å². The monoisotopic (exact) mass is 446 g/mol. The summed E-state index contributed by atoms with van der Waals surface area (Å²) in [7, 11) is 4.11. The summed E-state index contributed by atoms with van der Waals surface area (Å²) in [6.45, 7) is 4.62. The van der Waals surface area contributed by atoms with Crippen molar-refractivity contribution in [2.75, 3.05) is 40.3 Å². The van der Waals surface area contributed by atoms with Gasteiger partial charge in [-0.3, -0.25) is 14.5 Å². The smallest absolute Gasteiger partial charge is 0.343 e. The van der Waals surface area contributed by atoms with Gasteiger partial charge in [-0.15, -0.1) is 0 Å². The van der Waals surface area contributed by atoms with Crippen LogP contribution in [0.15, 0.2) is 12.1 Å². The summed E-state index contributed by atoms with van der Waals surface area (Å²) in [4.78, 5) is 39.1. The number of carboxylic acids is 1. The van der Waals surface area contributed by atoms with E-state index in [0.717, 1.165) is 13.6 Å². The molecule has 2 amide bonds. The molecule has 11 heteroatoms. The number of nitrogens with two attached hydrogens (primary N) is 1. The SMILES string of the molecule is CN(C)C(=O)CNC(=O)[C@](C)(N)CN1CC(Oc2ccc([C@]3(C)BC3)c(O)c2C(=O)O)C1. The summed E-state index contributed by atoms with van der Waals surface area (Å²) in [5, 5.41) is 22.5. The number of likely N-dealkylation sites (N-methyl/N-ethyl adjacent to an activating group) is 1. The zero-order valence-corrected chi connectivity index (χ0v) is 19.0. The van der Waals surface area contributed by atoms with Crippen molar-refractivity contribution in [1.29, 1.82) is 0 Å². The van der Waals surface area contributed by atoms with E-state index in [1.807, 2.05) is 11.8 Å². The Kier molecular flexibility index (Phi) is 6.44. The van der Waals surface area contributed by atoms with Gasteiger partial charge in [0.05, 0.1) is 6.54 Å². The number of benzene rings is 1. The second kappa shape index (κ2) is 8.63. The van der Waals surface area contributed by atoms with Crippen molar-refractivity contribution in [1.82, 2.24) is 15.1 Å². The lowest BCUT2D eigenvalue weighted by Gasteiger charge is -2.42. The van der Waals surface area contributed by atoms with Gasteiger partial charge in [0.1, 0.15) is 36.0 Å². The van der Waals surface area contributed by atoms with Crippen molar-refractivity contribution in [3.05, 3.63) is 23.3 Å². The normalized spacial score (nSPS) is 22.2. The van der Waals surface area contributed by atoms with Crippen molar-refractivity contribution >= 4 is 25.1 Å². The van der Waals surface area contributed by atoms with Crippen LogP contribution in [-0.4, -0.2) is 97.0 Å². The average Bonchev–Trinajstić information content (AvgIpc) is 3.41. The number of rotatable bonds is 9. The molecule has 2 fully saturated rings. The Bertz CT molecular complexity index is 925. The van der Waals surface area contributed by atoms with E-state index in [1.54, 1.807) is 33.2 Å². The Morgan fingerprint density at radius 1 is 1.38 bits per heavy atom. The number of ether oxygens (including phenoxy) is 1. The number of likely N-dealkylation sites (tertiary alicyclic amines) is 1. The van der Waals surface area contributed by atoms with Crippen molar-refractivity contribution < 1.29 is 29.3 Å². The van der Waals surface area contributed by atoms with Gasteiger partial charge in [0.2, 0.25) is 11.8 Å². The standard InChI is InChI=1S/C21H31BN4O6/c1-20(10-22-20)13-5-6-14(16(17(13)28)18(29)30)32-12-8-26(9-12)11-21(2,23)19(31)24-7-15(27)25(3)4/h5-6,12,22,28H,7-11,23H2,1-4H3,(H,24,31)(H,29,30)/t20-,21-/m1/s1. The Hall–Kier alpha value is -2.79. The minimum absolute atomic E-state index is 0.124. The maximum absolute atomic E-state index is 12.4. The highest BCUT2D eigenvalue weighted by atomic mass is 16.5. The third-order valence-electron chi connectivity index (χ3n) is 6.19. The Labute approximate surface area is 187 Å². The zero-order chi connectivity index (χ0) is 23.8. The van der Waals surface area contributed by atoms with Gasteiger partial charge < -0.3 is 30.9 Å². The second-order valence-electron chi connectivity index (χ2n) is 9.52. The molecule has 2 heterocycles. The lowest BCUT2D eigenvalue weighted by molar-refractivity contribution is -0.133. The van der Waals surface area contributed by atoms with Crippen LogP contribution in [0, 0.1) is 0 Å². The van der Waals surface area contributed by atoms with Gasteiger partial charge in [-0.25, -0.2) is 4.79 Å². The number of hydrogen-bond donors (Lipinski definition) is 4. The quantitative estimate of drug-likeness (QED) is 0.360. The van der Waals surface area contributed by atoms with E-state index in [0.29, 0.717) is 18.7 Å². The first-order valence-electron chi connectivity index (χ1n) is 10.6. The highest BCUT2D eigenvalue weighted by Crippen LogP contribution is 2.47. The van der Waals surface area contributed by atoms with Crippen LogP contribution in [0.2, 0.25) is 6.32 Å². The number of carbonyl (C=O) groups is 3. The van der Waals surface area contributed by atoms with Crippen LogP contribution < -0.4 is 15.8 Å². The highest BCUT2D eigenvalue weighted by molar-refractivity contribution is 6.54. The van der Waals surface area contributed by atoms with E-state index < -0.39 is 17.4 Å². The number of nitrogens with one attached hydrogen (secondary N) is 1. The van der Waals surface area contributed by atoms with Gasteiger partial charge in [-0.1, -0.05) is 19.3 Å². The van der Waals surface area contributed by atoms with Crippen molar-refractivity contribution in [3.8, 4) is 11.5 Å². The molecule has 2 aliphatic rings. The van der Waals surface area contributed by atoms with E-state index in [-0.39, 0.29) is 47.5 Å². The summed E-state index contributed by atoms with van der Waals surface area (Å²) >= 11 is 0. The van der Waals surface area contributed by atoms with Gasteiger partial charge >= 0.3 is 5.97 Å². The highest BCUT2D eigenvalue weighted by Gasteiger charge is 2.44. The minimum Gasteiger partial charge on any atom is -0.507 e. The lowest BCUT2D eigenvalue weighted by atomic mass is 9.81. The van der Waals surface area contributed by atoms with Crippen molar-refractivity contribution in [2.45, 2.75) is 37.1 Å². The lowest BCUT2D eigenvalue weighted by Crippen LogP contribution is -2.64. The molecule has 0 aromatic heterocycles. The fourth-order valence-corrected chi connectivity index (χ4v) is 3.78. The van der Waals surface area contributed by atoms with Gasteiger partial charge in [0.15, 0.2) is 0 Å². The molecular weight excluding hydrogens is 415 g/mol. The summed E-state index contributed by atoms with van der Waals surface area (Å²) in [6, 6.07) is 3.34. The Balaban J connectivity index is 1.56. The van der Waals surface area contributed by atoms with Crippen molar-refractivity contribution in [3.63, 3.8) is 0 Å². The van der Waals surface area contributed by atoms with E-state index in [9.17, 15) is 24.6 Å². The predicted octanol–water partition coefficient (Wildman–Crippen LogP) is -0.841. The number of nitrogens with zero attached hydrogens (tertiary/aromatic N) is 2. The molecule has 0 spiro atoms. The maximum Gasteiger partial charge on any atom is 0.343 e. The molecule has 32 heavy (non-hydrogen) atoms. The summed E-state index contributed by atoms with van der Waals surface area (Å²) in [5.41, 5.74) is 5.36. The molecule has 0 radical (unpaired) electrons. The first kappa shape index (κ1) is 23.9. The van der Waals surface area contributed by atoms with Crippen LogP contribution in [-0.2, 0) is 14.9 Å². The fraction of sp³-hybridized carbons (Fsp3) is 0.571. The average molecular weight is 446 g/mol. The van der Waals surface area contributed by atoms with Crippen molar-refractivity contribution in [2.24, 2.45) is 5.73 Å². The molecule has 2 aliphatic heterocycles. The third kappa shape index (κ3) is 4.99. The van der Waals surface area contributed by atoms with E-state index in [4.69, 9.17) is 10.5 Å². The Morgan fingerprint density at radius 3 is 2.53 bits per heavy atom. The molecule has 1 aromatic carbocycles. The fourth-order valence-electron chi connectivity index (χ4n) is 3.78. The molecule has 1 aromatic rings. The van der Waals surface area contributed by atoms with Gasteiger partial charge in [0, 0.05) is 33.7 Å². The van der Waals surface area contributed by atoms with E-state index in [2.05, 4.69) is 5.32 Å². The van der Waals surface area contributed by atoms with E-state index in [1.165, 1.54) is 4.90 Å². The summed E-state index contributed by atoms with van der Waals surface area (Å²) in [5.74, 6) is -2.00. The van der Waals surface area contributed by atoms with Crippen LogP contribution in [0.5, 0.6) is 11.5 Å². The molecule has 0 saturated carbocycles.